The number of aliphatic hydroxyl groups is 1. The molecule has 18 heavy (non-hydrogen) atoms. The van der Waals surface area contributed by atoms with Crippen LogP contribution in [0.25, 0.3) is 0 Å². The lowest BCUT2D eigenvalue weighted by molar-refractivity contribution is -0.132. The number of alkyl halides is 3. The molecule has 0 saturated heterocycles. The monoisotopic (exact) mass is 265 g/mol. The summed E-state index contributed by atoms with van der Waals surface area (Å²) in [6.45, 7) is 1.18. The SMILES string of the molecule is C[C@H](O)c1ccc(N(C)CCC(F)(F)F)c(F)c1. The molecule has 1 atom stereocenters. The van der Waals surface area contributed by atoms with Crippen molar-refractivity contribution in [2.45, 2.75) is 25.6 Å². The molecular weight excluding hydrogens is 250 g/mol. The zero-order valence-electron chi connectivity index (χ0n) is 10.1. The third-order valence-corrected chi connectivity index (χ3v) is 2.60. The second-order valence-corrected chi connectivity index (χ2v) is 4.17. The molecule has 0 aliphatic heterocycles. The average Bonchev–Trinajstić information content (AvgIpc) is 2.24. The Kier molecular flexibility index (Phi) is 4.56. The maximum absolute atomic E-state index is 13.6. The summed E-state index contributed by atoms with van der Waals surface area (Å²) < 4.78 is 49.8. The van der Waals surface area contributed by atoms with Crippen LogP contribution in [-0.2, 0) is 0 Å². The summed E-state index contributed by atoms with van der Waals surface area (Å²) in [4.78, 5) is 1.20. The Bertz CT molecular complexity index is 404. The molecule has 0 aliphatic carbocycles. The number of nitrogens with zero attached hydrogens (tertiary/aromatic N) is 1. The zero-order chi connectivity index (χ0) is 13.9. The topological polar surface area (TPSA) is 23.5 Å². The molecule has 2 nitrogen and oxygen atoms in total. The first kappa shape index (κ1) is 14.8. The molecule has 102 valence electrons. The normalized spacial score (nSPS) is 13.5. The summed E-state index contributed by atoms with van der Waals surface area (Å²) in [5, 5.41) is 9.26. The summed E-state index contributed by atoms with van der Waals surface area (Å²) in [7, 11) is 1.40. The number of anilines is 1. The quantitative estimate of drug-likeness (QED) is 0.845. The molecule has 1 aromatic carbocycles. The number of hydrogen-bond acceptors (Lipinski definition) is 2. The molecule has 0 saturated carbocycles. The Morgan fingerprint density at radius 1 is 1.33 bits per heavy atom. The van der Waals surface area contributed by atoms with E-state index >= 15 is 0 Å². The fraction of sp³-hybridized carbons (Fsp3) is 0.500. The van der Waals surface area contributed by atoms with Gasteiger partial charge in [0.25, 0.3) is 0 Å². The molecule has 0 fully saturated rings. The maximum atomic E-state index is 13.6. The van der Waals surface area contributed by atoms with Crippen LogP contribution in [-0.4, -0.2) is 24.9 Å². The van der Waals surface area contributed by atoms with Crippen LogP contribution in [0.2, 0.25) is 0 Å². The summed E-state index contributed by atoms with van der Waals surface area (Å²) in [6, 6.07) is 3.99. The minimum absolute atomic E-state index is 0.0867. The van der Waals surface area contributed by atoms with Crippen molar-refractivity contribution < 1.29 is 22.7 Å². The van der Waals surface area contributed by atoms with E-state index in [0.717, 1.165) is 6.07 Å². The molecule has 0 bridgehead atoms. The van der Waals surface area contributed by atoms with Crippen LogP contribution in [0.4, 0.5) is 23.2 Å². The lowest BCUT2D eigenvalue weighted by Crippen LogP contribution is -2.24. The highest BCUT2D eigenvalue weighted by molar-refractivity contribution is 5.48. The third-order valence-electron chi connectivity index (χ3n) is 2.60. The van der Waals surface area contributed by atoms with Crippen molar-refractivity contribution in [2.75, 3.05) is 18.5 Å². The van der Waals surface area contributed by atoms with Crippen molar-refractivity contribution in [1.29, 1.82) is 0 Å². The third kappa shape index (κ3) is 4.18. The number of benzene rings is 1. The Morgan fingerprint density at radius 2 is 1.94 bits per heavy atom. The van der Waals surface area contributed by atoms with E-state index in [-0.39, 0.29) is 12.2 Å². The maximum Gasteiger partial charge on any atom is 0.390 e. The van der Waals surface area contributed by atoms with E-state index in [2.05, 4.69) is 0 Å². The van der Waals surface area contributed by atoms with Gasteiger partial charge in [-0.1, -0.05) is 6.07 Å². The Balaban J connectivity index is 2.77. The van der Waals surface area contributed by atoms with Gasteiger partial charge in [-0.05, 0) is 24.6 Å². The van der Waals surface area contributed by atoms with Gasteiger partial charge in [0.1, 0.15) is 5.82 Å². The predicted octanol–water partition coefficient (Wildman–Crippen LogP) is 3.27. The first-order chi connectivity index (χ1) is 8.20. The minimum Gasteiger partial charge on any atom is -0.389 e. The lowest BCUT2D eigenvalue weighted by atomic mass is 10.1. The number of halogens is 4. The van der Waals surface area contributed by atoms with Crippen molar-refractivity contribution in [2.24, 2.45) is 0 Å². The number of hydrogen-bond donors (Lipinski definition) is 1. The fourth-order valence-electron chi connectivity index (χ4n) is 1.51. The number of aliphatic hydroxyl groups excluding tert-OH is 1. The van der Waals surface area contributed by atoms with Crippen molar-refractivity contribution in [3.8, 4) is 0 Å². The van der Waals surface area contributed by atoms with E-state index in [1.54, 1.807) is 0 Å². The summed E-state index contributed by atoms with van der Waals surface area (Å²) in [5.74, 6) is -0.641. The molecule has 0 aromatic heterocycles. The van der Waals surface area contributed by atoms with E-state index in [9.17, 15) is 22.7 Å². The minimum atomic E-state index is -4.26. The zero-order valence-corrected chi connectivity index (χ0v) is 10.1. The van der Waals surface area contributed by atoms with Crippen LogP contribution in [0.15, 0.2) is 18.2 Å². The fourth-order valence-corrected chi connectivity index (χ4v) is 1.51. The van der Waals surface area contributed by atoms with E-state index in [0.29, 0.717) is 5.56 Å². The van der Waals surface area contributed by atoms with E-state index in [4.69, 9.17) is 0 Å². The van der Waals surface area contributed by atoms with Crippen LogP contribution >= 0.6 is 0 Å². The molecule has 0 amide bonds. The molecule has 1 N–H and O–H groups in total. The van der Waals surface area contributed by atoms with Gasteiger partial charge in [-0.15, -0.1) is 0 Å². The van der Waals surface area contributed by atoms with Crippen molar-refractivity contribution >= 4 is 5.69 Å². The first-order valence-electron chi connectivity index (χ1n) is 5.46. The standard InChI is InChI=1S/C12H15F4NO/c1-8(18)9-3-4-11(10(13)7-9)17(2)6-5-12(14,15)16/h3-4,7-8,18H,5-6H2,1-2H3/t8-/m0/s1. The van der Waals surface area contributed by atoms with E-state index < -0.39 is 24.5 Å². The van der Waals surface area contributed by atoms with Crippen LogP contribution in [0.1, 0.15) is 25.0 Å². The highest BCUT2D eigenvalue weighted by Crippen LogP contribution is 2.25. The molecule has 0 heterocycles. The second kappa shape index (κ2) is 5.56. The Hall–Kier alpha value is -1.30. The van der Waals surface area contributed by atoms with Gasteiger partial charge in [0.05, 0.1) is 18.2 Å². The molecule has 6 heteroatoms. The highest BCUT2D eigenvalue weighted by atomic mass is 19.4. The molecule has 1 rings (SSSR count). The summed E-state index contributed by atoms with van der Waals surface area (Å²) in [5.41, 5.74) is 0.476. The van der Waals surface area contributed by atoms with Crippen LogP contribution in [0.3, 0.4) is 0 Å². The predicted molar refractivity (Wildman–Crippen MR) is 61.0 cm³/mol. The number of rotatable bonds is 4. The molecule has 0 unspecified atom stereocenters. The van der Waals surface area contributed by atoms with E-state index in [1.807, 2.05) is 0 Å². The Morgan fingerprint density at radius 3 is 2.39 bits per heavy atom. The lowest BCUT2D eigenvalue weighted by Gasteiger charge is -2.21. The second-order valence-electron chi connectivity index (χ2n) is 4.17. The van der Waals surface area contributed by atoms with E-state index in [1.165, 1.54) is 31.0 Å². The van der Waals surface area contributed by atoms with Gasteiger partial charge in [0.15, 0.2) is 0 Å². The molecule has 0 spiro atoms. The average molecular weight is 265 g/mol. The van der Waals surface area contributed by atoms with Gasteiger partial charge in [0, 0.05) is 13.6 Å². The van der Waals surface area contributed by atoms with Gasteiger partial charge in [-0.3, -0.25) is 0 Å². The summed E-state index contributed by atoms with van der Waals surface area (Å²) >= 11 is 0. The van der Waals surface area contributed by atoms with Gasteiger partial charge in [-0.2, -0.15) is 13.2 Å². The van der Waals surface area contributed by atoms with Gasteiger partial charge < -0.3 is 10.0 Å². The highest BCUT2D eigenvalue weighted by Gasteiger charge is 2.27. The van der Waals surface area contributed by atoms with Crippen molar-refractivity contribution in [3.63, 3.8) is 0 Å². The van der Waals surface area contributed by atoms with Gasteiger partial charge in [0.2, 0.25) is 0 Å². The van der Waals surface area contributed by atoms with Crippen LogP contribution in [0.5, 0.6) is 0 Å². The molecule has 0 aliphatic rings. The Labute approximate surface area is 103 Å². The van der Waals surface area contributed by atoms with Gasteiger partial charge >= 0.3 is 6.18 Å². The van der Waals surface area contributed by atoms with Crippen molar-refractivity contribution in [3.05, 3.63) is 29.6 Å². The van der Waals surface area contributed by atoms with Crippen LogP contribution in [0, 0.1) is 5.82 Å². The molecule has 0 radical (unpaired) electrons. The molecular formula is C12H15F4NO. The summed E-state index contributed by atoms with van der Waals surface area (Å²) in [6.07, 6.45) is -6.07. The van der Waals surface area contributed by atoms with Crippen molar-refractivity contribution in [1.82, 2.24) is 0 Å². The molecule has 1 aromatic rings. The first-order valence-corrected chi connectivity index (χ1v) is 5.46. The smallest absolute Gasteiger partial charge is 0.389 e. The van der Waals surface area contributed by atoms with Gasteiger partial charge in [-0.25, -0.2) is 4.39 Å². The largest absolute Gasteiger partial charge is 0.390 e. The van der Waals surface area contributed by atoms with Crippen LogP contribution < -0.4 is 4.90 Å².